The van der Waals surface area contributed by atoms with Crippen LogP contribution >= 0.6 is 0 Å². The average molecular weight is 472 g/mol. The Balaban J connectivity index is 1.40. The van der Waals surface area contributed by atoms with Crippen molar-refractivity contribution in [3.05, 3.63) is 81.8 Å². The molecule has 1 fully saturated rings. The normalized spacial score (nSPS) is 14.9. The van der Waals surface area contributed by atoms with Gasteiger partial charge in [-0.1, -0.05) is 54.8 Å². The van der Waals surface area contributed by atoms with Crippen molar-refractivity contribution in [2.75, 3.05) is 5.32 Å². The first-order valence-corrected chi connectivity index (χ1v) is 12.0. The van der Waals surface area contributed by atoms with Crippen LogP contribution in [0.5, 0.6) is 0 Å². The number of hydrogen-bond donors (Lipinski definition) is 2. The summed E-state index contributed by atoms with van der Waals surface area (Å²) in [7, 11) is 0. The van der Waals surface area contributed by atoms with Gasteiger partial charge in [0.05, 0.1) is 5.60 Å². The molecule has 0 aliphatic heterocycles. The van der Waals surface area contributed by atoms with Crippen LogP contribution in [0, 0.1) is 13.8 Å². The van der Waals surface area contributed by atoms with Gasteiger partial charge in [0.15, 0.2) is 5.82 Å². The summed E-state index contributed by atoms with van der Waals surface area (Å²) in [5.41, 5.74) is 3.36. The predicted molar refractivity (Wildman–Crippen MR) is 134 cm³/mol. The van der Waals surface area contributed by atoms with Crippen molar-refractivity contribution in [2.45, 2.75) is 58.1 Å². The van der Waals surface area contributed by atoms with Gasteiger partial charge in [-0.15, -0.1) is 5.10 Å². The summed E-state index contributed by atoms with van der Waals surface area (Å²) in [4.78, 5) is 30.0. The standard InChI is InChI=1S/C27H29N5O3/c1-18-5-11-22(12-6-18)28-23(33)17-31-19(2)15-24(34)32-26(31)29-25(30-32)21-9-7-20(8-10-21)16-27(35)13-3-4-14-27/h5-12,15,35H,3-4,13-14,16-17H2,1-2H3,(H,28,33). The van der Waals surface area contributed by atoms with Gasteiger partial charge in [-0.25, -0.2) is 0 Å². The Kier molecular flexibility index (Phi) is 5.98. The molecule has 35 heavy (non-hydrogen) atoms. The van der Waals surface area contributed by atoms with Crippen LogP contribution in [0.4, 0.5) is 5.69 Å². The number of carbonyl (C=O) groups is 1. The highest BCUT2D eigenvalue weighted by molar-refractivity contribution is 5.90. The molecule has 0 saturated heterocycles. The smallest absolute Gasteiger partial charge is 0.275 e. The molecule has 1 aliphatic rings. The Bertz CT molecular complexity index is 1430. The molecule has 2 aromatic heterocycles. The summed E-state index contributed by atoms with van der Waals surface area (Å²) in [5, 5.41) is 18.0. The van der Waals surface area contributed by atoms with Gasteiger partial charge in [0.2, 0.25) is 11.7 Å². The summed E-state index contributed by atoms with van der Waals surface area (Å²) in [5.74, 6) is 0.501. The molecule has 8 nitrogen and oxygen atoms in total. The monoisotopic (exact) mass is 471 g/mol. The van der Waals surface area contributed by atoms with E-state index in [4.69, 9.17) is 0 Å². The molecule has 2 N–H and O–H groups in total. The molecule has 180 valence electrons. The number of aryl methyl sites for hydroxylation is 2. The maximum atomic E-state index is 12.7. The molecule has 0 atom stereocenters. The van der Waals surface area contributed by atoms with E-state index in [-0.39, 0.29) is 18.0 Å². The Morgan fingerprint density at radius 1 is 1.06 bits per heavy atom. The van der Waals surface area contributed by atoms with Gasteiger partial charge in [0, 0.05) is 29.4 Å². The molecule has 2 aromatic carbocycles. The Morgan fingerprint density at radius 3 is 2.43 bits per heavy atom. The number of aromatic nitrogens is 4. The first-order valence-electron chi connectivity index (χ1n) is 12.0. The van der Waals surface area contributed by atoms with Crippen LogP contribution in [-0.4, -0.2) is 35.8 Å². The fourth-order valence-electron chi connectivity index (χ4n) is 4.76. The van der Waals surface area contributed by atoms with E-state index < -0.39 is 5.60 Å². The van der Waals surface area contributed by atoms with Crippen LogP contribution in [-0.2, 0) is 17.8 Å². The second-order valence-corrected chi connectivity index (χ2v) is 9.58. The molecule has 5 rings (SSSR count). The maximum Gasteiger partial charge on any atom is 0.275 e. The zero-order valence-corrected chi connectivity index (χ0v) is 20.0. The lowest BCUT2D eigenvalue weighted by Crippen LogP contribution is -2.26. The fraction of sp³-hybridized carbons (Fsp3) is 0.333. The van der Waals surface area contributed by atoms with E-state index in [9.17, 15) is 14.7 Å². The molecule has 1 amide bonds. The van der Waals surface area contributed by atoms with E-state index in [2.05, 4.69) is 15.4 Å². The zero-order chi connectivity index (χ0) is 24.6. The molecule has 0 unspecified atom stereocenters. The van der Waals surface area contributed by atoms with E-state index in [0.29, 0.717) is 29.4 Å². The van der Waals surface area contributed by atoms with Gasteiger partial charge >= 0.3 is 0 Å². The minimum atomic E-state index is -0.609. The second-order valence-electron chi connectivity index (χ2n) is 9.58. The topological polar surface area (TPSA) is 102 Å². The minimum absolute atomic E-state index is 0.000850. The van der Waals surface area contributed by atoms with E-state index in [1.807, 2.05) is 55.5 Å². The van der Waals surface area contributed by atoms with Crippen LogP contribution in [0.3, 0.4) is 0 Å². The lowest BCUT2D eigenvalue weighted by molar-refractivity contribution is -0.116. The van der Waals surface area contributed by atoms with Crippen LogP contribution in [0.15, 0.2) is 59.4 Å². The van der Waals surface area contributed by atoms with E-state index >= 15 is 0 Å². The number of carbonyl (C=O) groups excluding carboxylic acids is 1. The molecule has 0 bridgehead atoms. The van der Waals surface area contributed by atoms with Crippen LogP contribution in [0.2, 0.25) is 0 Å². The highest BCUT2D eigenvalue weighted by Gasteiger charge is 2.31. The van der Waals surface area contributed by atoms with E-state index in [0.717, 1.165) is 42.4 Å². The number of nitrogens with one attached hydrogen (secondary N) is 1. The number of rotatable bonds is 6. The highest BCUT2D eigenvalue weighted by Crippen LogP contribution is 2.32. The lowest BCUT2D eigenvalue weighted by atomic mass is 9.92. The van der Waals surface area contributed by atoms with Crippen molar-refractivity contribution in [1.82, 2.24) is 19.2 Å². The molecule has 8 heteroatoms. The summed E-state index contributed by atoms with van der Waals surface area (Å²) in [6.45, 7) is 3.76. The summed E-state index contributed by atoms with van der Waals surface area (Å²) in [6, 6.07) is 16.8. The molecular weight excluding hydrogens is 442 g/mol. The van der Waals surface area contributed by atoms with Gasteiger partial charge in [0.1, 0.15) is 6.54 Å². The number of aliphatic hydroxyl groups is 1. The summed E-state index contributed by atoms with van der Waals surface area (Å²) in [6.07, 6.45) is 4.45. The van der Waals surface area contributed by atoms with Crippen molar-refractivity contribution < 1.29 is 9.90 Å². The van der Waals surface area contributed by atoms with E-state index in [1.54, 1.807) is 11.5 Å². The van der Waals surface area contributed by atoms with Crippen LogP contribution in [0.25, 0.3) is 17.2 Å². The fourth-order valence-corrected chi connectivity index (χ4v) is 4.76. The minimum Gasteiger partial charge on any atom is -0.390 e. The quantitative estimate of drug-likeness (QED) is 0.447. The summed E-state index contributed by atoms with van der Waals surface area (Å²) < 4.78 is 2.92. The molecule has 4 aromatic rings. The summed E-state index contributed by atoms with van der Waals surface area (Å²) >= 11 is 0. The first-order chi connectivity index (χ1) is 16.8. The number of anilines is 1. The molecular formula is C27H29N5O3. The third kappa shape index (κ3) is 4.88. The largest absolute Gasteiger partial charge is 0.390 e. The number of nitrogens with zero attached hydrogens (tertiary/aromatic N) is 4. The van der Waals surface area contributed by atoms with Crippen LogP contribution in [0.1, 0.15) is 42.5 Å². The van der Waals surface area contributed by atoms with Gasteiger partial charge < -0.3 is 15.0 Å². The van der Waals surface area contributed by atoms with Crippen molar-refractivity contribution in [3.63, 3.8) is 0 Å². The van der Waals surface area contributed by atoms with Gasteiger partial charge in [0.25, 0.3) is 5.56 Å². The van der Waals surface area contributed by atoms with Gasteiger partial charge in [-0.2, -0.15) is 9.50 Å². The Morgan fingerprint density at radius 2 is 1.74 bits per heavy atom. The van der Waals surface area contributed by atoms with Crippen molar-refractivity contribution in [3.8, 4) is 11.4 Å². The molecule has 1 aliphatic carbocycles. The Hall–Kier alpha value is -3.78. The van der Waals surface area contributed by atoms with Crippen molar-refractivity contribution in [2.24, 2.45) is 0 Å². The molecule has 0 spiro atoms. The molecule has 1 saturated carbocycles. The lowest BCUT2D eigenvalue weighted by Gasteiger charge is -2.22. The first kappa shape index (κ1) is 23.0. The average Bonchev–Trinajstić information content (AvgIpc) is 3.46. The number of hydrogen-bond acceptors (Lipinski definition) is 5. The SMILES string of the molecule is Cc1ccc(NC(=O)Cn2c(C)cc(=O)n3nc(-c4ccc(CC5(O)CCCC5)cc4)nc23)cc1. The van der Waals surface area contributed by atoms with Crippen LogP contribution < -0.4 is 10.9 Å². The number of fused-ring (bicyclic) bond motifs is 1. The Labute approximate surface area is 203 Å². The number of amides is 1. The zero-order valence-electron chi connectivity index (χ0n) is 20.0. The molecule has 0 radical (unpaired) electrons. The molecule has 2 heterocycles. The van der Waals surface area contributed by atoms with Gasteiger partial charge in [-0.05, 0) is 44.4 Å². The predicted octanol–water partition coefficient (Wildman–Crippen LogP) is 3.66. The third-order valence-electron chi connectivity index (χ3n) is 6.71. The maximum absolute atomic E-state index is 12.7. The van der Waals surface area contributed by atoms with Gasteiger partial charge in [-0.3, -0.25) is 9.59 Å². The third-order valence-corrected chi connectivity index (χ3v) is 6.71. The second kappa shape index (κ2) is 9.11. The van der Waals surface area contributed by atoms with E-state index in [1.165, 1.54) is 10.6 Å². The highest BCUT2D eigenvalue weighted by atomic mass is 16.3. The van der Waals surface area contributed by atoms with Crippen molar-refractivity contribution in [1.29, 1.82) is 0 Å². The number of benzene rings is 2. The van der Waals surface area contributed by atoms with Crippen molar-refractivity contribution >= 4 is 17.4 Å².